The first-order valence-electron chi connectivity index (χ1n) is 11.6. The Hall–Kier alpha value is -1.64. The number of halogens is 2. The molecule has 2 atom stereocenters. The van der Waals surface area contributed by atoms with Crippen LogP contribution >= 0.6 is 23.2 Å². The van der Waals surface area contributed by atoms with E-state index in [0.717, 1.165) is 31.5 Å². The van der Waals surface area contributed by atoms with Crippen molar-refractivity contribution in [2.45, 2.75) is 31.8 Å². The molecular formula is C24H33Cl2N3O4. The normalized spacial score (nSPS) is 21.5. The van der Waals surface area contributed by atoms with E-state index in [1.807, 2.05) is 0 Å². The first-order chi connectivity index (χ1) is 15.9. The highest BCUT2D eigenvalue weighted by atomic mass is 35.5. The van der Waals surface area contributed by atoms with Gasteiger partial charge in [0.1, 0.15) is 0 Å². The van der Waals surface area contributed by atoms with Crippen molar-refractivity contribution >= 4 is 41.1 Å². The van der Waals surface area contributed by atoms with Crippen LogP contribution in [0.5, 0.6) is 0 Å². The van der Waals surface area contributed by atoms with Crippen molar-refractivity contribution in [1.29, 1.82) is 0 Å². The van der Waals surface area contributed by atoms with Crippen LogP contribution in [0.3, 0.4) is 0 Å². The molecule has 2 fully saturated rings. The highest BCUT2D eigenvalue weighted by Gasteiger charge is 2.25. The Kier molecular flexibility index (Phi) is 10.0. The fraction of sp³-hybridized carbons (Fsp3) is 0.583. The molecule has 2 saturated heterocycles. The van der Waals surface area contributed by atoms with E-state index >= 15 is 0 Å². The van der Waals surface area contributed by atoms with Gasteiger partial charge in [0.2, 0.25) is 11.8 Å². The lowest BCUT2D eigenvalue weighted by molar-refractivity contribution is -0.130. The van der Waals surface area contributed by atoms with Gasteiger partial charge < -0.3 is 24.9 Å². The predicted octanol–water partition coefficient (Wildman–Crippen LogP) is 2.52. The smallest absolute Gasteiger partial charge is 0.246 e. The average Bonchev–Trinajstić information content (AvgIpc) is 2.99. The van der Waals surface area contributed by atoms with Gasteiger partial charge in [-0.2, -0.15) is 0 Å². The number of carbonyl (C=O) groups is 2. The van der Waals surface area contributed by atoms with E-state index in [0.29, 0.717) is 49.2 Å². The third kappa shape index (κ3) is 7.97. The molecule has 0 aromatic heterocycles. The number of piperidine rings is 1. The topological polar surface area (TPSA) is 84.3 Å². The minimum atomic E-state index is -0.523. The van der Waals surface area contributed by atoms with Gasteiger partial charge in [0.15, 0.2) is 0 Å². The van der Waals surface area contributed by atoms with Gasteiger partial charge in [-0.25, -0.2) is 0 Å². The Morgan fingerprint density at radius 3 is 2.76 bits per heavy atom. The maximum atomic E-state index is 12.6. The molecule has 182 valence electrons. The molecule has 0 aliphatic carbocycles. The lowest BCUT2D eigenvalue weighted by atomic mass is 9.98. The molecule has 7 nitrogen and oxygen atoms in total. The van der Waals surface area contributed by atoms with E-state index in [1.165, 1.54) is 6.08 Å². The van der Waals surface area contributed by atoms with Crippen LogP contribution in [0.4, 0.5) is 0 Å². The van der Waals surface area contributed by atoms with E-state index in [4.69, 9.17) is 23.2 Å². The number of β-amino-alcohol motifs (C(OH)–C–C–N with tert-alkyl or cyclic N) is 1. The van der Waals surface area contributed by atoms with Crippen molar-refractivity contribution in [1.82, 2.24) is 14.7 Å². The van der Waals surface area contributed by atoms with Crippen molar-refractivity contribution in [3.8, 4) is 0 Å². The van der Waals surface area contributed by atoms with Crippen molar-refractivity contribution in [2.24, 2.45) is 5.92 Å². The van der Waals surface area contributed by atoms with Gasteiger partial charge in [-0.05, 0) is 55.5 Å². The van der Waals surface area contributed by atoms with Crippen molar-refractivity contribution in [2.75, 3.05) is 52.4 Å². The minimum Gasteiger partial charge on any atom is -0.396 e. The number of nitrogens with zero attached hydrogens (tertiary/aromatic N) is 3. The first-order valence-corrected chi connectivity index (χ1v) is 12.3. The van der Waals surface area contributed by atoms with Crippen molar-refractivity contribution < 1.29 is 19.8 Å². The highest BCUT2D eigenvalue weighted by Crippen LogP contribution is 2.23. The lowest BCUT2D eigenvalue weighted by Crippen LogP contribution is -2.42. The van der Waals surface area contributed by atoms with E-state index < -0.39 is 6.10 Å². The number of hydrogen-bond donors (Lipinski definition) is 2. The second-order valence-corrected chi connectivity index (χ2v) is 9.67. The van der Waals surface area contributed by atoms with Crippen LogP contribution < -0.4 is 0 Å². The monoisotopic (exact) mass is 497 g/mol. The molecule has 2 amide bonds. The Balaban J connectivity index is 1.45. The highest BCUT2D eigenvalue weighted by molar-refractivity contribution is 6.42. The van der Waals surface area contributed by atoms with E-state index in [9.17, 15) is 19.8 Å². The molecule has 0 radical (unpaired) electrons. The number of aliphatic hydroxyl groups excluding tert-OH is 2. The third-order valence-electron chi connectivity index (χ3n) is 6.32. The molecule has 0 spiro atoms. The molecule has 3 rings (SSSR count). The Morgan fingerprint density at radius 1 is 1.18 bits per heavy atom. The molecule has 0 saturated carbocycles. The van der Waals surface area contributed by atoms with Gasteiger partial charge in [0.25, 0.3) is 0 Å². The summed E-state index contributed by atoms with van der Waals surface area (Å²) in [5.41, 5.74) is 0.776. The molecular weight excluding hydrogens is 465 g/mol. The zero-order valence-electron chi connectivity index (χ0n) is 18.8. The first kappa shape index (κ1) is 26.0. The Labute approximate surface area is 205 Å². The summed E-state index contributed by atoms with van der Waals surface area (Å²) in [6.07, 6.45) is 5.49. The van der Waals surface area contributed by atoms with Crippen LogP contribution in [-0.4, -0.2) is 95.3 Å². The number of rotatable bonds is 8. The summed E-state index contributed by atoms with van der Waals surface area (Å²) in [7, 11) is 0. The van der Waals surface area contributed by atoms with Crippen LogP contribution in [0.15, 0.2) is 24.3 Å². The quantitative estimate of drug-likeness (QED) is 0.539. The summed E-state index contributed by atoms with van der Waals surface area (Å²) in [5, 5.41) is 20.7. The fourth-order valence-corrected chi connectivity index (χ4v) is 4.68. The molecule has 33 heavy (non-hydrogen) atoms. The molecule has 1 aromatic rings. The van der Waals surface area contributed by atoms with Gasteiger partial charge >= 0.3 is 0 Å². The van der Waals surface area contributed by atoms with Gasteiger partial charge in [-0.1, -0.05) is 29.3 Å². The molecule has 2 unspecified atom stereocenters. The third-order valence-corrected chi connectivity index (χ3v) is 7.06. The van der Waals surface area contributed by atoms with Crippen LogP contribution in [0.2, 0.25) is 10.0 Å². The van der Waals surface area contributed by atoms with Crippen LogP contribution in [0.25, 0.3) is 6.08 Å². The van der Waals surface area contributed by atoms with Gasteiger partial charge in [0, 0.05) is 58.4 Å². The number of benzene rings is 1. The predicted molar refractivity (Wildman–Crippen MR) is 130 cm³/mol. The summed E-state index contributed by atoms with van der Waals surface area (Å²) in [6.45, 7) is 4.24. The lowest BCUT2D eigenvalue weighted by Gasteiger charge is -2.33. The maximum absolute atomic E-state index is 12.6. The van der Waals surface area contributed by atoms with Gasteiger partial charge in [-0.3, -0.25) is 9.59 Å². The minimum absolute atomic E-state index is 0.00396. The molecule has 9 heteroatoms. The average molecular weight is 498 g/mol. The Morgan fingerprint density at radius 2 is 2.00 bits per heavy atom. The number of likely N-dealkylation sites (tertiary alicyclic amines) is 1. The molecule has 1 aromatic carbocycles. The van der Waals surface area contributed by atoms with E-state index in [1.54, 1.807) is 34.1 Å². The Bertz CT molecular complexity index is 851. The van der Waals surface area contributed by atoms with Crippen LogP contribution in [-0.2, 0) is 9.59 Å². The zero-order chi connectivity index (χ0) is 23.8. The maximum Gasteiger partial charge on any atom is 0.246 e. The number of aliphatic hydroxyl groups is 2. The van der Waals surface area contributed by atoms with E-state index in [-0.39, 0.29) is 30.8 Å². The summed E-state index contributed by atoms with van der Waals surface area (Å²) < 4.78 is 0. The number of carbonyl (C=O) groups excluding carboxylic acids is 2. The molecule has 2 N–H and O–H groups in total. The second kappa shape index (κ2) is 12.7. The molecule has 0 bridgehead atoms. The van der Waals surface area contributed by atoms with Gasteiger partial charge in [0.05, 0.1) is 16.1 Å². The zero-order valence-corrected chi connectivity index (χ0v) is 20.3. The van der Waals surface area contributed by atoms with E-state index in [2.05, 4.69) is 4.90 Å². The van der Waals surface area contributed by atoms with Gasteiger partial charge in [-0.15, -0.1) is 0 Å². The summed E-state index contributed by atoms with van der Waals surface area (Å²) in [6, 6.07) is 5.16. The van der Waals surface area contributed by atoms with Crippen molar-refractivity contribution in [3.63, 3.8) is 0 Å². The summed E-state index contributed by atoms with van der Waals surface area (Å²) in [5.74, 6) is 0.135. The standard InChI is InChI=1S/C24H33Cl2N3O4/c25-21-5-3-18(14-22(21)26)4-6-23(32)29-11-8-24(33)28(12-13-29)10-7-20(31)16-27-9-1-2-19(15-27)17-30/h3-6,14,19-20,30-31H,1-2,7-13,15-17H2. The molecule has 2 aliphatic heterocycles. The van der Waals surface area contributed by atoms with Crippen LogP contribution in [0.1, 0.15) is 31.2 Å². The van der Waals surface area contributed by atoms with Crippen LogP contribution in [0, 0.1) is 5.92 Å². The fourth-order valence-electron chi connectivity index (χ4n) is 4.37. The second-order valence-electron chi connectivity index (χ2n) is 8.86. The molecule has 2 heterocycles. The summed E-state index contributed by atoms with van der Waals surface area (Å²) >= 11 is 11.9. The number of amides is 2. The number of hydrogen-bond acceptors (Lipinski definition) is 5. The largest absolute Gasteiger partial charge is 0.396 e. The molecule has 2 aliphatic rings. The summed E-state index contributed by atoms with van der Waals surface area (Å²) in [4.78, 5) is 30.8. The SMILES string of the molecule is O=C(C=Cc1ccc(Cl)c(Cl)c1)N1CCC(=O)N(CCC(O)CN2CCCC(CO)C2)CC1. The van der Waals surface area contributed by atoms with Crippen molar-refractivity contribution in [3.05, 3.63) is 39.9 Å².